The van der Waals surface area contributed by atoms with Crippen molar-refractivity contribution < 1.29 is 19.1 Å². The third kappa shape index (κ3) is 2.66. The van der Waals surface area contributed by atoms with Crippen molar-refractivity contribution in [3.05, 3.63) is 28.5 Å². The van der Waals surface area contributed by atoms with E-state index in [0.717, 1.165) is 12.1 Å². The van der Waals surface area contributed by atoms with Gasteiger partial charge in [0.15, 0.2) is 0 Å². The van der Waals surface area contributed by atoms with E-state index in [1.54, 1.807) is 0 Å². The number of halogens is 2. The fourth-order valence-corrected chi connectivity index (χ4v) is 1.21. The molecule has 0 heterocycles. The first-order valence-corrected chi connectivity index (χ1v) is 4.29. The highest BCUT2D eigenvalue weighted by Crippen LogP contribution is 2.25. The lowest BCUT2D eigenvalue weighted by atomic mass is 10.2. The van der Waals surface area contributed by atoms with E-state index in [9.17, 15) is 14.0 Å². The minimum atomic E-state index is -1.41. The first-order valence-electron chi connectivity index (χ1n) is 3.91. The number of aromatic carboxylic acids is 1. The summed E-state index contributed by atoms with van der Waals surface area (Å²) in [7, 11) is 0. The topological polar surface area (TPSA) is 66.4 Å². The van der Waals surface area contributed by atoms with Gasteiger partial charge in [-0.3, -0.25) is 4.79 Å². The number of carbonyl (C=O) groups excluding carboxylic acids is 1. The molecule has 4 nitrogen and oxygen atoms in total. The zero-order valence-corrected chi connectivity index (χ0v) is 8.43. The minimum Gasteiger partial charge on any atom is -0.478 e. The number of benzene rings is 1. The molecule has 80 valence electrons. The second-order valence-electron chi connectivity index (χ2n) is 2.80. The molecule has 15 heavy (non-hydrogen) atoms. The van der Waals surface area contributed by atoms with Gasteiger partial charge in [0.1, 0.15) is 5.82 Å². The van der Waals surface area contributed by atoms with Crippen LogP contribution in [0.5, 0.6) is 0 Å². The van der Waals surface area contributed by atoms with Gasteiger partial charge >= 0.3 is 5.97 Å². The molecule has 0 spiro atoms. The van der Waals surface area contributed by atoms with Crippen molar-refractivity contribution in [3.8, 4) is 0 Å². The highest BCUT2D eigenvalue weighted by Gasteiger charge is 2.14. The lowest BCUT2D eigenvalue weighted by Gasteiger charge is -2.06. The average molecular weight is 232 g/mol. The second kappa shape index (κ2) is 4.27. The van der Waals surface area contributed by atoms with Crippen molar-refractivity contribution in [2.45, 2.75) is 6.92 Å². The van der Waals surface area contributed by atoms with Crippen molar-refractivity contribution >= 4 is 29.2 Å². The van der Waals surface area contributed by atoms with Gasteiger partial charge in [-0.1, -0.05) is 11.6 Å². The van der Waals surface area contributed by atoms with Crippen molar-refractivity contribution in [3.63, 3.8) is 0 Å². The van der Waals surface area contributed by atoms with Crippen LogP contribution in [0.25, 0.3) is 0 Å². The third-order valence-corrected chi connectivity index (χ3v) is 1.91. The molecule has 1 aromatic carbocycles. The summed E-state index contributed by atoms with van der Waals surface area (Å²) in [6.45, 7) is 1.24. The monoisotopic (exact) mass is 231 g/mol. The van der Waals surface area contributed by atoms with E-state index < -0.39 is 23.3 Å². The highest BCUT2D eigenvalue weighted by atomic mass is 35.5. The number of nitrogens with one attached hydrogen (secondary N) is 1. The van der Waals surface area contributed by atoms with Gasteiger partial charge in [0, 0.05) is 6.92 Å². The SMILES string of the molecule is CC(=O)Nc1cc(F)c(C(=O)O)cc1Cl. The Hall–Kier alpha value is -1.62. The van der Waals surface area contributed by atoms with Crippen molar-refractivity contribution in [2.24, 2.45) is 0 Å². The molecule has 1 amide bonds. The molecule has 2 N–H and O–H groups in total. The smallest absolute Gasteiger partial charge is 0.338 e. The molecule has 0 saturated carbocycles. The molecule has 0 unspecified atom stereocenters. The van der Waals surface area contributed by atoms with Crippen LogP contribution in [0.15, 0.2) is 12.1 Å². The molecule has 0 aliphatic carbocycles. The molecular weight excluding hydrogens is 225 g/mol. The summed E-state index contributed by atoms with van der Waals surface area (Å²) in [5, 5.41) is 10.8. The molecule has 0 aliphatic rings. The van der Waals surface area contributed by atoms with Gasteiger partial charge in [0.05, 0.1) is 16.3 Å². The van der Waals surface area contributed by atoms with Gasteiger partial charge in [-0.15, -0.1) is 0 Å². The lowest BCUT2D eigenvalue weighted by molar-refractivity contribution is -0.114. The molecule has 0 bridgehead atoms. The predicted octanol–water partition coefficient (Wildman–Crippen LogP) is 2.14. The normalized spacial score (nSPS) is 9.80. The van der Waals surface area contributed by atoms with Gasteiger partial charge in [-0.25, -0.2) is 9.18 Å². The quantitative estimate of drug-likeness (QED) is 0.820. The maximum absolute atomic E-state index is 13.1. The predicted molar refractivity (Wildman–Crippen MR) is 52.7 cm³/mol. The zero-order valence-electron chi connectivity index (χ0n) is 7.67. The largest absolute Gasteiger partial charge is 0.478 e. The molecule has 0 aromatic heterocycles. The number of carboxylic acid groups (broad SMARTS) is 1. The van der Waals surface area contributed by atoms with Crippen molar-refractivity contribution in [1.29, 1.82) is 0 Å². The molecule has 0 radical (unpaired) electrons. The summed E-state index contributed by atoms with van der Waals surface area (Å²) in [6, 6.07) is 1.82. The number of hydrogen-bond donors (Lipinski definition) is 2. The van der Waals surface area contributed by atoms with E-state index in [-0.39, 0.29) is 10.7 Å². The number of carbonyl (C=O) groups is 2. The van der Waals surface area contributed by atoms with Crippen molar-refractivity contribution in [1.82, 2.24) is 0 Å². The van der Waals surface area contributed by atoms with E-state index in [4.69, 9.17) is 16.7 Å². The summed E-state index contributed by atoms with van der Waals surface area (Å²) in [4.78, 5) is 21.2. The average Bonchev–Trinajstić information content (AvgIpc) is 2.09. The lowest BCUT2D eigenvalue weighted by Crippen LogP contribution is -2.08. The van der Waals surface area contributed by atoms with Crippen LogP contribution in [0.2, 0.25) is 5.02 Å². The Morgan fingerprint density at radius 2 is 2.07 bits per heavy atom. The molecule has 0 saturated heterocycles. The third-order valence-electron chi connectivity index (χ3n) is 1.60. The number of amides is 1. The van der Waals surface area contributed by atoms with Crippen LogP contribution in [0.1, 0.15) is 17.3 Å². The van der Waals surface area contributed by atoms with Gasteiger partial charge in [-0.2, -0.15) is 0 Å². The van der Waals surface area contributed by atoms with Crippen LogP contribution < -0.4 is 5.32 Å². The van der Waals surface area contributed by atoms with Crippen LogP contribution in [0.3, 0.4) is 0 Å². The van der Waals surface area contributed by atoms with Crippen LogP contribution >= 0.6 is 11.6 Å². The Kier molecular flexibility index (Phi) is 3.26. The van der Waals surface area contributed by atoms with Gasteiger partial charge in [-0.05, 0) is 12.1 Å². The number of carboxylic acids is 1. The molecular formula is C9H7ClFNO3. The Balaban J connectivity index is 3.19. The van der Waals surface area contributed by atoms with E-state index in [1.807, 2.05) is 0 Å². The van der Waals surface area contributed by atoms with E-state index >= 15 is 0 Å². The van der Waals surface area contributed by atoms with Gasteiger partial charge in [0.25, 0.3) is 0 Å². The van der Waals surface area contributed by atoms with Crippen LogP contribution in [-0.4, -0.2) is 17.0 Å². The Labute approximate surface area is 89.7 Å². The molecule has 0 fully saturated rings. The molecule has 1 rings (SSSR count). The van der Waals surface area contributed by atoms with Crippen LogP contribution in [-0.2, 0) is 4.79 Å². The Bertz CT molecular complexity index is 434. The number of rotatable bonds is 2. The van der Waals surface area contributed by atoms with Crippen LogP contribution in [0, 0.1) is 5.82 Å². The Morgan fingerprint density at radius 3 is 2.53 bits per heavy atom. The summed E-state index contributed by atoms with van der Waals surface area (Å²) >= 11 is 5.64. The molecule has 6 heteroatoms. The fourth-order valence-electron chi connectivity index (χ4n) is 0.996. The summed E-state index contributed by atoms with van der Waals surface area (Å²) in [5.41, 5.74) is -0.485. The first-order chi connectivity index (χ1) is 6.91. The molecule has 1 aromatic rings. The zero-order chi connectivity index (χ0) is 11.6. The summed E-state index contributed by atoms with van der Waals surface area (Å²) in [5.74, 6) is -2.78. The summed E-state index contributed by atoms with van der Waals surface area (Å²) in [6.07, 6.45) is 0. The fraction of sp³-hybridized carbons (Fsp3) is 0.111. The van der Waals surface area contributed by atoms with E-state index in [1.165, 1.54) is 6.92 Å². The minimum absolute atomic E-state index is 0.0241. The highest BCUT2D eigenvalue weighted by molar-refractivity contribution is 6.34. The first kappa shape index (κ1) is 11.5. The van der Waals surface area contributed by atoms with Crippen LogP contribution in [0.4, 0.5) is 10.1 Å². The van der Waals surface area contributed by atoms with Crippen molar-refractivity contribution in [2.75, 3.05) is 5.32 Å². The number of hydrogen-bond acceptors (Lipinski definition) is 2. The maximum atomic E-state index is 13.1. The summed E-state index contributed by atoms with van der Waals surface area (Å²) < 4.78 is 13.1. The van der Waals surface area contributed by atoms with E-state index in [0.29, 0.717) is 0 Å². The van der Waals surface area contributed by atoms with Gasteiger partial charge < -0.3 is 10.4 Å². The molecule has 0 aliphatic heterocycles. The second-order valence-corrected chi connectivity index (χ2v) is 3.21. The van der Waals surface area contributed by atoms with E-state index in [2.05, 4.69) is 5.32 Å². The Morgan fingerprint density at radius 1 is 1.47 bits per heavy atom. The molecule has 0 atom stereocenters. The van der Waals surface area contributed by atoms with Gasteiger partial charge in [0.2, 0.25) is 5.91 Å². The standard InChI is InChI=1S/C9H7ClFNO3/c1-4(13)12-8-3-7(11)5(9(14)15)2-6(8)10/h2-3H,1H3,(H,12,13)(H,14,15). The maximum Gasteiger partial charge on any atom is 0.338 e. The number of anilines is 1.